The number of likely N-dealkylation sites (tertiary alicyclic amines) is 1. The molecule has 2 aliphatic heterocycles. The minimum Gasteiger partial charge on any atom is -0.382 e. The van der Waals surface area contributed by atoms with E-state index in [2.05, 4.69) is 15.1 Å². The minimum absolute atomic E-state index is 0.221. The summed E-state index contributed by atoms with van der Waals surface area (Å²) in [5.41, 5.74) is 1.26. The molecule has 2 heterocycles. The maximum atomic E-state index is 12.8. The minimum atomic E-state index is -4.31. The first-order valence-corrected chi connectivity index (χ1v) is 12.6. The van der Waals surface area contributed by atoms with Crippen LogP contribution in [0, 0.1) is 0 Å². The third kappa shape index (κ3) is 7.27. The van der Waals surface area contributed by atoms with Gasteiger partial charge in [-0.1, -0.05) is 11.6 Å². The standard InChI is InChI=1S/C26H32ClF3N4O/c27-21-5-7-22(8-6-21)31-23-11-14-34(15-12-23)25(35)2-1-13-32-16-18-33(19-17-32)24-9-3-20(4-10-24)26(28,29)30/h3-10,23,31H,1-2,11-19H2. The van der Waals surface area contributed by atoms with E-state index in [9.17, 15) is 18.0 Å². The summed E-state index contributed by atoms with van der Waals surface area (Å²) in [5, 5.41) is 4.24. The number of rotatable bonds is 7. The summed E-state index contributed by atoms with van der Waals surface area (Å²) in [7, 11) is 0. The summed E-state index contributed by atoms with van der Waals surface area (Å²) < 4.78 is 38.3. The predicted molar refractivity (Wildman–Crippen MR) is 134 cm³/mol. The number of carbonyl (C=O) groups is 1. The van der Waals surface area contributed by atoms with Gasteiger partial charge in [0, 0.05) is 68.1 Å². The molecule has 190 valence electrons. The van der Waals surface area contributed by atoms with E-state index >= 15 is 0 Å². The number of halogens is 4. The van der Waals surface area contributed by atoms with Crippen molar-refractivity contribution >= 4 is 28.9 Å². The third-order valence-electron chi connectivity index (χ3n) is 6.86. The number of piperazine rings is 1. The van der Waals surface area contributed by atoms with E-state index in [1.165, 1.54) is 0 Å². The molecular weight excluding hydrogens is 477 g/mol. The van der Waals surface area contributed by atoms with Crippen LogP contribution in [-0.4, -0.2) is 67.6 Å². The number of nitrogens with one attached hydrogen (secondary N) is 1. The molecular formula is C26H32ClF3N4O. The summed E-state index contributed by atoms with van der Waals surface area (Å²) in [6.45, 7) is 5.64. The van der Waals surface area contributed by atoms with E-state index in [-0.39, 0.29) is 5.91 Å². The number of anilines is 2. The topological polar surface area (TPSA) is 38.8 Å². The van der Waals surface area contributed by atoms with Crippen LogP contribution < -0.4 is 10.2 Å². The third-order valence-corrected chi connectivity index (χ3v) is 7.11. The lowest BCUT2D eigenvalue weighted by atomic mass is 10.0. The van der Waals surface area contributed by atoms with Gasteiger partial charge in [0.05, 0.1) is 5.56 Å². The molecule has 2 saturated heterocycles. The summed E-state index contributed by atoms with van der Waals surface area (Å²) >= 11 is 5.94. The molecule has 0 radical (unpaired) electrons. The molecule has 2 aromatic carbocycles. The molecule has 2 fully saturated rings. The summed E-state index contributed by atoms with van der Waals surface area (Å²) in [4.78, 5) is 19.1. The molecule has 4 rings (SSSR count). The molecule has 0 atom stereocenters. The molecule has 0 bridgehead atoms. The molecule has 5 nitrogen and oxygen atoms in total. The van der Waals surface area contributed by atoms with E-state index in [0.29, 0.717) is 12.5 Å². The number of amides is 1. The molecule has 1 amide bonds. The zero-order chi connectivity index (χ0) is 24.8. The average molecular weight is 509 g/mol. The highest BCUT2D eigenvalue weighted by Crippen LogP contribution is 2.30. The number of piperidine rings is 1. The van der Waals surface area contributed by atoms with Gasteiger partial charge in [-0.3, -0.25) is 9.69 Å². The van der Waals surface area contributed by atoms with Crippen molar-refractivity contribution in [2.75, 3.05) is 56.0 Å². The van der Waals surface area contributed by atoms with Crippen molar-refractivity contribution in [2.24, 2.45) is 0 Å². The van der Waals surface area contributed by atoms with Gasteiger partial charge >= 0.3 is 6.18 Å². The van der Waals surface area contributed by atoms with Crippen LogP contribution in [0.3, 0.4) is 0 Å². The predicted octanol–water partition coefficient (Wildman–Crippen LogP) is 5.36. The van der Waals surface area contributed by atoms with Crippen molar-refractivity contribution in [1.82, 2.24) is 9.80 Å². The molecule has 2 aliphatic rings. The zero-order valence-corrected chi connectivity index (χ0v) is 20.5. The molecule has 0 spiro atoms. The Morgan fingerprint density at radius 1 is 0.914 bits per heavy atom. The van der Waals surface area contributed by atoms with Gasteiger partial charge < -0.3 is 15.1 Å². The Labute approximate surface area is 209 Å². The highest BCUT2D eigenvalue weighted by Gasteiger charge is 2.30. The highest BCUT2D eigenvalue weighted by molar-refractivity contribution is 6.30. The van der Waals surface area contributed by atoms with Crippen LogP contribution in [0.5, 0.6) is 0 Å². The van der Waals surface area contributed by atoms with E-state index in [0.717, 1.165) is 93.6 Å². The van der Waals surface area contributed by atoms with Crippen molar-refractivity contribution in [3.63, 3.8) is 0 Å². The Morgan fingerprint density at radius 3 is 2.14 bits per heavy atom. The number of benzene rings is 2. The largest absolute Gasteiger partial charge is 0.416 e. The van der Waals surface area contributed by atoms with Crippen LogP contribution in [0.25, 0.3) is 0 Å². The number of carbonyl (C=O) groups excluding carboxylic acids is 1. The van der Waals surface area contributed by atoms with Crippen LogP contribution >= 0.6 is 11.6 Å². The van der Waals surface area contributed by atoms with Gasteiger partial charge in [0.15, 0.2) is 0 Å². The van der Waals surface area contributed by atoms with Gasteiger partial charge in [-0.05, 0) is 74.3 Å². The van der Waals surface area contributed by atoms with Gasteiger partial charge in [0.1, 0.15) is 0 Å². The van der Waals surface area contributed by atoms with Crippen LogP contribution in [0.15, 0.2) is 48.5 Å². The van der Waals surface area contributed by atoms with Crippen LogP contribution in [0.2, 0.25) is 5.02 Å². The zero-order valence-electron chi connectivity index (χ0n) is 19.7. The quantitative estimate of drug-likeness (QED) is 0.546. The van der Waals surface area contributed by atoms with Crippen molar-refractivity contribution in [1.29, 1.82) is 0 Å². The van der Waals surface area contributed by atoms with Crippen molar-refractivity contribution < 1.29 is 18.0 Å². The van der Waals surface area contributed by atoms with Gasteiger partial charge in [-0.2, -0.15) is 13.2 Å². The summed E-state index contributed by atoms with van der Waals surface area (Å²) in [5.74, 6) is 0.221. The first kappa shape index (κ1) is 25.6. The van der Waals surface area contributed by atoms with Crippen LogP contribution in [-0.2, 0) is 11.0 Å². The first-order chi connectivity index (χ1) is 16.8. The molecule has 0 saturated carbocycles. The second kappa shape index (κ2) is 11.5. The maximum Gasteiger partial charge on any atom is 0.416 e. The lowest BCUT2D eigenvalue weighted by Crippen LogP contribution is -2.47. The Balaban J connectivity index is 1.12. The van der Waals surface area contributed by atoms with Crippen molar-refractivity contribution in [3.8, 4) is 0 Å². The molecule has 0 unspecified atom stereocenters. The Kier molecular flexibility index (Phi) is 8.44. The second-order valence-corrected chi connectivity index (χ2v) is 9.72. The number of hydrogen-bond donors (Lipinski definition) is 1. The Bertz CT molecular complexity index is 952. The molecule has 0 aromatic heterocycles. The first-order valence-electron chi connectivity index (χ1n) is 12.2. The molecule has 0 aliphatic carbocycles. The van der Waals surface area contributed by atoms with Gasteiger partial charge in [0.25, 0.3) is 0 Å². The fraction of sp³-hybridized carbons (Fsp3) is 0.500. The van der Waals surface area contributed by atoms with E-state index in [1.807, 2.05) is 29.2 Å². The Morgan fingerprint density at radius 2 is 1.54 bits per heavy atom. The van der Waals surface area contributed by atoms with Crippen molar-refractivity contribution in [2.45, 2.75) is 37.9 Å². The van der Waals surface area contributed by atoms with E-state index in [4.69, 9.17) is 11.6 Å². The summed E-state index contributed by atoms with van der Waals surface area (Å²) in [6.07, 6.45) is -1.07. The second-order valence-electron chi connectivity index (χ2n) is 9.28. The SMILES string of the molecule is O=C(CCCN1CCN(c2ccc(C(F)(F)F)cc2)CC1)N1CCC(Nc2ccc(Cl)cc2)CC1. The normalized spacial score (nSPS) is 18.1. The molecule has 35 heavy (non-hydrogen) atoms. The van der Waals surface area contributed by atoms with Gasteiger partial charge in [-0.25, -0.2) is 0 Å². The van der Waals surface area contributed by atoms with Crippen LogP contribution in [0.1, 0.15) is 31.2 Å². The lowest BCUT2D eigenvalue weighted by Gasteiger charge is -2.36. The molecule has 9 heteroatoms. The van der Waals surface area contributed by atoms with Gasteiger partial charge in [-0.15, -0.1) is 0 Å². The Hall–Kier alpha value is -2.45. The smallest absolute Gasteiger partial charge is 0.382 e. The number of alkyl halides is 3. The highest BCUT2D eigenvalue weighted by atomic mass is 35.5. The maximum absolute atomic E-state index is 12.8. The van der Waals surface area contributed by atoms with Gasteiger partial charge in [0.2, 0.25) is 5.91 Å². The lowest BCUT2D eigenvalue weighted by molar-refractivity contribution is -0.137. The summed E-state index contributed by atoms with van der Waals surface area (Å²) in [6, 6.07) is 13.4. The molecule has 1 N–H and O–H groups in total. The number of hydrogen-bond acceptors (Lipinski definition) is 4. The van der Waals surface area contributed by atoms with E-state index < -0.39 is 11.7 Å². The fourth-order valence-corrected chi connectivity index (χ4v) is 4.88. The fourth-order valence-electron chi connectivity index (χ4n) is 4.76. The molecule has 2 aromatic rings. The number of nitrogens with zero attached hydrogens (tertiary/aromatic N) is 3. The average Bonchev–Trinajstić information content (AvgIpc) is 2.86. The van der Waals surface area contributed by atoms with Crippen LogP contribution in [0.4, 0.5) is 24.5 Å². The van der Waals surface area contributed by atoms with Crippen molar-refractivity contribution in [3.05, 3.63) is 59.1 Å². The van der Waals surface area contributed by atoms with E-state index in [1.54, 1.807) is 12.1 Å². The monoisotopic (exact) mass is 508 g/mol.